The number of hydrogen-bond acceptors (Lipinski definition) is 4. The van der Waals surface area contributed by atoms with Crippen LogP contribution in [0.5, 0.6) is 0 Å². The molecule has 0 saturated carbocycles. The zero-order valence-electron chi connectivity index (χ0n) is 11.7. The molecule has 4 heteroatoms. The lowest BCUT2D eigenvalue weighted by Crippen LogP contribution is -2.49. The van der Waals surface area contributed by atoms with Crippen LogP contribution in [0.3, 0.4) is 0 Å². The molecule has 0 spiro atoms. The van der Waals surface area contributed by atoms with Crippen LogP contribution in [0.25, 0.3) is 0 Å². The molecule has 18 heavy (non-hydrogen) atoms. The molecular formula is C14H30N4. The van der Waals surface area contributed by atoms with Crippen molar-refractivity contribution in [1.29, 1.82) is 0 Å². The van der Waals surface area contributed by atoms with Crippen LogP contribution in [0.1, 0.15) is 38.5 Å². The maximum absolute atomic E-state index is 5.51. The maximum atomic E-state index is 5.51. The molecule has 2 heterocycles. The summed E-state index contributed by atoms with van der Waals surface area (Å²) in [6.07, 6.45) is 7.72. The van der Waals surface area contributed by atoms with Crippen molar-refractivity contribution in [2.75, 3.05) is 39.3 Å². The summed E-state index contributed by atoms with van der Waals surface area (Å²) in [6, 6.07) is 1.60. The monoisotopic (exact) mass is 254 g/mol. The van der Waals surface area contributed by atoms with Gasteiger partial charge in [0.25, 0.3) is 0 Å². The molecule has 0 aliphatic carbocycles. The third-order valence-corrected chi connectivity index (χ3v) is 4.42. The Balaban J connectivity index is 1.58. The quantitative estimate of drug-likeness (QED) is 0.605. The zero-order chi connectivity index (χ0) is 12.6. The molecule has 0 atom stereocenters. The van der Waals surface area contributed by atoms with Gasteiger partial charge in [0.05, 0.1) is 0 Å². The lowest BCUT2D eigenvalue weighted by Gasteiger charge is -2.39. The van der Waals surface area contributed by atoms with E-state index in [9.17, 15) is 0 Å². The van der Waals surface area contributed by atoms with Crippen molar-refractivity contribution in [3.8, 4) is 0 Å². The first-order valence-corrected chi connectivity index (χ1v) is 7.78. The highest BCUT2D eigenvalue weighted by molar-refractivity contribution is 4.84. The van der Waals surface area contributed by atoms with Crippen LogP contribution >= 0.6 is 0 Å². The number of likely N-dealkylation sites (tertiary alicyclic amines) is 1. The van der Waals surface area contributed by atoms with Gasteiger partial charge in [0.15, 0.2) is 0 Å². The first-order chi connectivity index (χ1) is 8.90. The van der Waals surface area contributed by atoms with Gasteiger partial charge in [0.1, 0.15) is 0 Å². The summed E-state index contributed by atoms with van der Waals surface area (Å²) in [5.41, 5.74) is 5.51. The first kappa shape index (κ1) is 14.3. The number of nitrogens with one attached hydrogen (secondary N) is 2. The number of unbranched alkanes of at least 4 members (excludes halogenated alkanes) is 1. The molecule has 4 N–H and O–H groups in total. The Labute approximate surface area is 112 Å². The highest BCUT2D eigenvalue weighted by atomic mass is 15.2. The predicted octanol–water partition coefficient (Wildman–Crippen LogP) is 0.531. The van der Waals surface area contributed by atoms with Crippen molar-refractivity contribution in [3.63, 3.8) is 0 Å². The largest absolute Gasteiger partial charge is 0.330 e. The highest BCUT2D eigenvalue weighted by Gasteiger charge is 2.25. The van der Waals surface area contributed by atoms with E-state index < -0.39 is 0 Å². The maximum Gasteiger partial charge on any atom is 0.0119 e. The fourth-order valence-corrected chi connectivity index (χ4v) is 3.22. The lowest BCUT2D eigenvalue weighted by molar-refractivity contribution is 0.120. The molecule has 0 aromatic carbocycles. The molecule has 0 radical (unpaired) electrons. The van der Waals surface area contributed by atoms with Gasteiger partial charge < -0.3 is 21.3 Å². The minimum absolute atomic E-state index is 0.751. The molecule has 2 saturated heterocycles. The fraction of sp³-hybridized carbons (Fsp3) is 1.00. The molecule has 0 unspecified atom stereocenters. The van der Waals surface area contributed by atoms with Crippen LogP contribution < -0.4 is 16.4 Å². The highest BCUT2D eigenvalue weighted by Crippen LogP contribution is 2.18. The molecule has 2 rings (SSSR count). The zero-order valence-corrected chi connectivity index (χ0v) is 11.7. The van der Waals surface area contributed by atoms with Crippen LogP contribution in [-0.4, -0.2) is 56.3 Å². The normalized spacial score (nSPS) is 24.5. The minimum Gasteiger partial charge on any atom is -0.330 e. The van der Waals surface area contributed by atoms with E-state index in [2.05, 4.69) is 15.5 Å². The van der Waals surface area contributed by atoms with Crippen LogP contribution in [0, 0.1) is 0 Å². The average Bonchev–Trinajstić information content (AvgIpc) is 2.45. The smallest absolute Gasteiger partial charge is 0.0119 e. The third-order valence-electron chi connectivity index (χ3n) is 4.42. The topological polar surface area (TPSA) is 53.3 Å². The number of nitrogens with two attached hydrogens (primary N) is 1. The van der Waals surface area contributed by atoms with E-state index in [0.717, 1.165) is 31.6 Å². The standard InChI is InChI=1S/C14H30N4/c15-7-1-2-8-17-13-5-11-18(12-6-13)14-3-9-16-10-4-14/h13-14,16-17H,1-12,15H2. The molecule has 2 aliphatic rings. The summed E-state index contributed by atoms with van der Waals surface area (Å²) >= 11 is 0. The molecule has 2 aliphatic heterocycles. The van der Waals surface area contributed by atoms with Crippen molar-refractivity contribution >= 4 is 0 Å². The predicted molar refractivity (Wildman–Crippen MR) is 76.8 cm³/mol. The van der Waals surface area contributed by atoms with Crippen molar-refractivity contribution in [1.82, 2.24) is 15.5 Å². The van der Waals surface area contributed by atoms with Crippen molar-refractivity contribution in [2.45, 2.75) is 50.6 Å². The Morgan fingerprint density at radius 3 is 2.44 bits per heavy atom. The second-order valence-corrected chi connectivity index (χ2v) is 5.74. The van der Waals surface area contributed by atoms with Gasteiger partial charge in [-0.15, -0.1) is 0 Å². The lowest BCUT2D eigenvalue weighted by atomic mass is 9.98. The Bertz CT molecular complexity index is 208. The first-order valence-electron chi connectivity index (χ1n) is 7.78. The van der Waals surface area contributed by atoms with Gasteiger partial charge in [-0.3, -0.25) is 0 Å². The molecule has 106 valence electrons. The summed E-state index contributed by atoms with van der Waals surface area (Å²) in [5.74, 6) is 0. The SMILES string of the molecule is NCCCCNC1CCN(C2CCNCC2)CC1. The average molecular weight is 254 g/mol. The molecule has 2 fully saturated rings. The number of hydrogen-bond donors (Lipinski definition) is 3. The van der Waals surface area contributed by atoms with Gasteiger partial charge in [0.2, 0.25) is 0 Å². The second kappa shape index (κ2) is 8.10. The van der Waals surface area contributed by atoms with Crippen LogP contribution in [0.15, 0.2) is 0 Å². The Morgan fingerprint density at radius 2 is 1.78 bits per heavy atom. The Hall–Kier alpha value is -0.160. The van der Waals surface area contributed by atoms with Crippen LogP contribution in [-0.2, 0) is 0 Å². The van der Waals surface area contributed by atoms with E-state index in [1.807, 2.05) is 0 Å². The van der Waals surface area contributed by atoms with Gasteiger partial charge in [-0.1, -0.05) is 0 Å². The number of piperidine rings is 2. The van der Waals surface area contributed by atoms with E-state index in [1.165, 1.54) is 58.3 Å². The van der Waals surface area contributed by atoms with Crippen molar-refractivity contribution < 1.29 is 0 Å². The number of rotatable bonds is 6. The van der Waals surface area contributed by atoms with E-state index in [0.29, 0.717) is 0 Å². The molecule has 0 aromatic heterocycles. The molecule has 4 nitrogen and oxygen atoms in total. The van der Waals surface area contributed by atoms with E-state index >= 15 is 0 Å². The molecular weight excluding hydrogens is 224 g/mol. The van der Waals surface area contributed by atoms with E-state index in [-0.39, 0.29) is 0 Å². The van der Waals surface area contributed by atoms with Gasteiger partial charge in [-0.05, 0) is 77.8 Å². The van der Waals surface area contributed by atoms with Crippen molar-refractivity contribution in [2.24, 2.45) is 5.73 Å². The van der Waals surface area contributed by atoms with Gasteiger partial charge >= 0.3 is 0 Å². The Morgan fingerprint density at radius 1 is 1.06 bits per heavy atom. The number of nitrogens with zero attached hydrogens (tertiary/aromatic N) is 1. The van der Waals surface area contributed by atoms with E-state index in [4.69, 9.17) is 5.73 Å². The summed E-state index contributed by atoms with van der Waals surface area (Å²) in [4.78, 5) is 2.72. The van der Waals surface area contributed by atoms with Gasteiger partial charge in [-0.25, -0.2) is 0 Å². The third kappa shape index (κ3) is 4.50. The van der Waals surface area contributed by atoms with Crippen LogP contribution in [0.2, 0.25) is 0 Å². The summed E-state index contributed by atoms with van der Waals surface area (Å²) in [7, 11) is 0. The fourth-order valence-electron chi connectivity index (χ4n) is 3.22. The molecule has 0 aromatic rings. The molecule has 0 bridgehead atoms. The van der Waals surface area contributed by atoms with Crippen molar-refractivity contribution in [3.05, 3.63) is 0 Å². The Kier molecular flexibility index (Phi) is 6.41. The van der Waals surface area contributed by atoms with Crippen LogP contribution in [0.4, 0.5) is 0 Å². The minimum atomic E-state index is 0.751. The van der Waals surface area contributed by atoms with Gasteiger partial charge in [-0.2, -0.15) is 0 Å². The van der Waals surface area contributed by atoms with E-state index in [1.54, 1.807) is 0 Å². The van der Waals surface area contributed by atoms with Gasteiger partial charge in [0, 0.05) is 12.1 Å². The summed E-state index contributed by atoms with van der Waals surface area (Å²) < 4.78 is 0. The summed E-state index contributed by atoms with van der Waals surface area (Å²) in [5, 5.41) is 7.14. The molecule has 0 amide bonds. The second-order valence-electron chi connectivity index (χ2n) is 5.74. The summed E-state index contributed by atoms with van der Waals surface area (Å²) in [6.45, 7) is 6.98.